The third kappa shape index (κ3) is 7.34. The molecule has 1 aromatic heterocycles. The molecule has 1 heterocycles. The molecule has 197 valence electrons. The number of allylic oxidation sites excluding steroid dienone is 2. The number of fused-ring (bicyclic) bond motifs is 3. The molecule has 0 aliphatic rings. The Morgan fingerprint density at radius 2 is 1.62 bits per heavy atom. The van der Waals surface area contributed by atoms with Crippen LogP contribution in [0.5, 0.6) is 0 Å². The molecule has 4 rings (SSSR count). The largest absolute Gasteiger partial charge is 0.512 e. The third-order valence-corrected chi connectivity index (χ3v) is 5.91. The SMILES string of the molecule is CC(C)(C)C(=O)/C=C(\O)C(C)(C)C.Cc1[c-]c(-c2nccc3ccc4c(F)cccc4c23)cc(C)c1.[Ir]. The molecule has 3 nitrogen and oxygen atoms in total. The average molecular weight is 677 g/mol. The number of hydrogen-bond acceptors (Lipinski definition) is 3. The van der Waals surface area contributed by atoms with Crippen molar-refractivity contribution in [3.05, 3.63) is 89.6 Å². The van der Waals surface area contributed by atoms with E-state index in [4.69, 9.17) is 0 Å². The fraction of sp³-hybridized carbons (Fsp3) is 0.312. The van der Waals surface area contributed by atoms with E-state index in [0.29, 0.717) is 5.39 Å². The molecule has 0 aliphatic heterocycles. The van der Waals surface area contributed by atoms with Gasteiger partial charge in [-0.05, 0) is 34.0 Å². The van der Waals surface area contributed by atoms with Crippen LogP contribution in [0.4, 0.5) is 4.39 Å². The van der Waals surface area contributed by atoms with Crippen molar-refractivity contribution in [1.29, 1.82) is 0 Å². The first kappa shape index (κ1) is 30.3. The number of aryl methyl sites for hydroxylation is 2. The van der Waals surface area contributed by atoms with Crippen LogP contribution < -0.4 is 0 Å². The summed E-state index contributed by atoms with van der Waals surface area (Å²) in [6.45, 7) is 15.2. The minimum atomic E-state index is -0.417. The summed E-state index contributed by atoms with van der Waals surface area (Å²) in [5.41, 5.74) is 3.28. The van der Waals surface area contributed by atoms with Crippen molar-refractivity contribution < 1.29 is 34.4 Å². The van der Waals surface area contributed by atoms with Gasteiger partial charge >= 0.3 is 0 Å². The van der Waals surface area contributed by atoms with E-state index in [0.717, 1.165) is 33.0 Å². The van der Waals surface area contributed by atoms with Gasteiger partial charge in [-0.25, -0.2) is 4.39 Å². The molecule has 0 unspecified atom stereocenters. The second-order valence-electron chi connectivity index (χ2n) is 11.3. The molecule has 37 heavy (non-hydrogen) atoms. The van der Waals surface area contributed by atoms with Crippen LogP contribution in [0.25, 0.3) is 32.8 Å². The maximum Gasteiger partial charge on any atom is 0.164 e. The van der Waals surface area contributed by atoms with Gasteiger partial charge in [0.25, 0.3) is 0 Å². The molecule has 0 fully saturated rings. The second kappa shape index (κ2) is 11.7. The van der Waals surface area contributed by atoms with Gasteiger partial charge in [0, 0.05) is 48.6 Å². The van der Waals surface area contributed by atoms with E-state index in [-0.39, 0.29) is 42.9 Å². The number of hydrogen-bond donors (Lipinski definition) is 1. The number of carbonyl (C=O) groups excluding carboxylic acids is 1. The molecule has 4 aromatic rings. The molecule has 1 radical (unpaired) electrons. The van der Waals surface area contributed by atoms with E-state index in [1.54, 1.807) is 12.3 Å². The summed E-state index contributed by atoms with van der Waals surface area (Å²) in [6.07, 6.45) is 3.13. The van der Waals surface area contributed by atoms with Crippen LogP contribution in [0.1, 0.15) is 52.7 Å². The Kier molecular flexibility index (Phi) is 9.57. The predicted molar refractivity (Wildman–Crippen MR) is 148 cm³/mol. The molecule has 5 heteroatoms. The van der Waals surface area contributed by atoms with Crippen molar-refractivity contribution in [2.45, 2.75) is 55.4 Å². The van der Waals surface area contributed by atoms with Gasteiger partial charge in [0.1, 0.15) is 11.6 Å². The summed E-state index contributed by atoms with van der Waals surface area (Å²) in [6, 6.07) is 18.5. The number of pyridine rings is 1. The van der Waals surface area contributed by atoms with Crippen molar-refractivity contribution >= 4 is 27.3 Å². The maximum atomic E-state index is 14.1. The molecular formula is C32H35FIrNO2-. The van der Waals surface area contributed by atoms with Crippen molar-refractivity contribution in [3.8, 4) is 11.3 Å². The zero-order valence-electron chi connectivity index (χ0n) is 22.8. The number of halogens is 1. The number of aliphatic hydroxyl groups is 1. The Labute approximate surface area is 233 Å². The van der Waals surface area contributed by atoms with E-state index in [1.807, 2.05) is 72.7 Å². The zero-order valence-corrected chi connectivity index (χ0v) is 25.2. The molecule has 0 aliphatic carbocycles. The first-order valence-corrected chi connectivity index (χ1v) is 12.1. The van der Waals surface area contributed by atoms with E-state index < -0.39 is 5.41 Å². The predicted octanol–water partition coefficient (Wildman–Crippen LogP) is 8.70. The minimum absolute atomic E-state index is 0. The normalized spacial score (nSPS) is 12.1. The number of ketones is 1. The molecule has 0 saturated heterocycles. The minimum Gasteiger partial charge on any atom is -0.512 e. The van der Waals surface area contributed by atoms with E-state index in [1.165, 1.54) is 17.7 Å². The Hall–Kier alpha value is -2.88. The van der Waals surface area contributed by atoms with Crippen molar-refractivity contribution in [1.82, 2.24) is 4.98 Å². The van der Waals surface area contributed by atoms with Crippen LogP contribution in [-0.2, 0) is 24.9 Å². The standard InChI is InChI=1S/C21H15FN.C11H20O2.Ir/c1-13-10-14(2)12-16(11-13)21-20-15(8-9-23-21)6-7-17-18(20)4-3-5-19(17)22;1-10(2,3)8(12)7-9(13)11(4,5)6;/h3-11H,1-2H3;7,12H,1-6H3;/q-1;;/b;8-7-;. The summed E-state index contributed by atoms with van der Waals surface area (Å²) in [7, 11) is 0. The quantitative estimate of drug-likeness (QED) is 0.100. The van der Waals surface area contributed by atoms with E-state index in [2.05, 4.69) is 30.1 Å². The smallest absolute Gasteiger partial charge is 0.164 e. The molecule has 3 aromatic carbocycles. The number of aliphatic hydroxyl groups excluding tert-OH is 1. The fourth-order valence-electron chi connectivity index (χ4n) is 3.78. The van der Waals surface area contributed by atoms with Crippen LogP contribution in [0, 0.1) is 36.6 Å². The summed E-state index contributed by atoms with van der Waals surface area (Å²) in [5, 5.41) is 13.1. The summed E-state index contributed by atoms with van der Waals surface area (Å²) >= 11 is 0. The number of carbonyl (C=O) groups is 1. The molecule has 0 amide bonds. The van der Waals surface area contributed by atoms with Gasteiger partial charge in [0.2, 0.25) is 0 Å². The second-order valence-corrected chi connectivity index (χ2v) is 11.3. The third-order valence-electron chi connectivity index (χ3n) is 5.91. The Bertz CT molecular complexity index is 1440. The molecule has 0 spiro atoms. The molecule has 0 saturated carbocycles. The Balaban J connectivity index is 0.000000299. The summed E-state index contributed by atoms with van der Waals surface area (Å²) < 4.78 is 14.1. The van der Waals surface area contributed by atoms with Gasteiger partial charge in [-0.1, -0.05) is 79.7 Å². The Morgan fingerprint density at radius 1 is 0.946 bits per heavy atom. The average Bonchev–Trinajstić information content (AvgIpc) is 2.77. The van der Waals surface area contributed by atoms with Crippen LogP contribution in [-0.4, -0.2) is 15.9 Å². The van der Waals surface area contributed by atoms with Crippen molar-refractivity contribution in [2.75, 3.05) is 0 Å². The van der Waals surface area contributed by atoms with Crippen LogP contribution in [0.2, 0.25) is 0 Å². The molecular weight excluding hydrogens is 642 g/mol. The number of benzene rings is 3. The van der Waals surface area contributed by atoms with Crippen molar-refractivity contribution in [2.24, 2.45) is 10.8 Å². The van der Waals surface area contributed by atoms with Crippen LogP contribution in [0.3, 0.4) is 0 Å². The van der Waals surface area contributed by atoms with Gasteiger partial charge in [0.05, 0.1) is 0 Å². The first-order chi connectivity index (χ1) is 16.7. The van der Waals surface area contributed by atoms with E-state index in [9.17, 15) is 14.3 Å². The Morgan fingerprint density at radius 3 is 2.22 bits per heavy atom. The number of nitrogens with zero attached hydrogens (tertiary/aromatic N) is 1. The van der Waals surface area contributed by atoms with Crippen molar-refractivity contribution in [3.63, 3.8) is 0 Å². The number of aromatic nitrogens is 1. The van der Waals surface area contributed by atoms with Gasteiger partial charge in [-0.3, -0.25) is 4.79 Å². The van der Waals surface area contributed by atoms with Gasteiger partial charge in [-0.2, -0.15) is 0 Å². The summed E-state index contributed by atoms with van der Waals surface area (Å²) in [4.78, 5) is 16.1. The van der Waals surface area contributed by atoms with Crippen LogP contribution >= 0.6 is 0 Å². The topological polar surface area (TPSA) is 50.2 Å². The van der Waals surface area contributed by atoms with Gasteiger partial charge in [-0.15, -0.1) is 34.9 Å². The monoisotopic (exact) mass is 677 g/mol. The summed E-state index contributed by atoms with van der Waals surface area (Å²) in [5.74, 6) is -0.101. The first-order valence-electron chi connectivity index (χ1n) is 12.1. The van der Waals surface area contributed by atoms with Gasteiger partial charge < -0.3 is 10.1 Å². The zero-order chi connectivity index (χ0) is 26.8. The van der Waals surface area contributed by atoms with Crippen LogP contribution in [0.15, 0.2) is 66.6 Å². The molecule has 0 bridgehead atoms. The molecule has 0 atom stereocenters. The maximum absolute atomic E-state index is 14.1. The molecule has 1 N–H and O–H groups in total. The van der Waals surface area contributed by atoms with E-state index >= 15 is 0 Å². The fourth-order valence-corrected chi connectivity index (χ4v) is 3.78. The number of rotatable bonds is 2. The van der Waals surface area contributed by atoms with Gasteiger partial charge in [0.15, 0.2) is 5.78 Å².